The molecule has 1 N–H and O–H groups in total. The molecule has 0 radical (unpaired) electrons. The molecule has 1 heterocycles. The summed E-state index contributed by atoms with van der Waals surface area (Å²) in [6.07, 6.45) is 1.33. The van der Waals surface area contributed by atoms with Crippen molar-refractivity contribution in [3.8, 4) is 11.5 Å². The average molecular weight is 376 g/mol. The molecule has 1 amide bonds. The summed E-state index contributed by atoms with van der Waals surface area (Å²) in [5.41, 5.74) is 0.935. The van der Waals surface area contributed by atoms with E-state index in [-0.39, 0.29) is 25.5 Å². The van der Waals surface area contributed by atoms with Crippen LogP contribution in [0.3, 0.4) is 0 Å². The molecular formula is C18H20N2O5S. The lowest BCUT2D eigenvalue weighted by Gasteiger charge is -2.29. The summed E-state index contributed by atoms with van der Waals surface area (Å²) in [7, 11) is -3.41. The summed E-state index contributed by atoms with van der Waals surface area (Å²) in [4.78, 5) is 12.1. The van der Waals surface area contributed by atoms with Crippen molar-refractivity contribution in [2.75, 3.05) is 35.6 Å². The van der Waals surface area contributed by atoms with Crippen molar-refractivity contribution >= 4 is 27.3 Å². The maximum absolute atomic E-state index is 12.1. The highest BCUT2D eigenvalue weighted by atomic mass is 32.2. The zero-order valence-electron chi connectivity index (χ0n) is 14.3. The first-order chi connectivity index (χ1) is 12.4. The standard InChI is InChI=1S/C18H20N2O5S/c1-26(22,23)20-10-12-25-17-8-7-14(13-16(17)20)19-18(21)9-11-24-15-5-3-2-4-6-15/h2-8,13H,9-12H2,1H3,(H,19,21). The molecule has 0 spiro atoms. The van der Waals surface area contributed by atoms with Gasteiger partial charge in [-0.1, -0.05) is 18.2 Å². The van der Waals surface area contributed by atoms with Crippen molar-refractivity contribution in [2.45, 2.75) is 6.42 Å². The van der Waals surface area contributed by atoms with E-state index in [0.717, 1.165) is 6.26 Å². The molecule has 0 aliphatic carbocycles. The van der Waals surface area contributed by atoms with Crippen LogP contribution in [-0.4, -0.2) is 40.3 Å². The minimum atomic E-state index is -3.41. The van der Waals surface area contributed by atoms with E-state index in [0.29, 0.717) is 29.5 Å². The molecule has 8 heteroatoms. The van der Waals surface area contributed by atoms with E-state index in [1.807, 2.05) is 30.3 Å². The average Bonchev–Trinajstić information content (AvgIpc) is 2.61. The van der Waals surface area contributed by atoms with Gasteiger partial charge in [-0.05, 0) is 30.3 Å². The minimum absolute atomic E-state index is 0.179. The Morgan fingerprint density at radius 2 is 2.00 bits per heavy atom. The van der Waals surface area contributed by atoms with Gasteiger partial charge in [0, 0.05) is 5.69 Å². The fraction of sp³-hybridized carbons (Fsp3) is 0.278. The summed E-state index contributed by atoms with van der Waals surface area (Å²) in [6.45, 7) is 0.788. The van der Waals surface area contributed by atoms with E-state index in [4.69, 9.17) is 9.47 Å². The molecule has 0 unspecified atom stereocenters. The number of hydrogen-bond acceptors (Lipinski definition) is 5. The molecule has 0 aromatic heterocycles. The molecule has 0 atom stereocenters. The van der Waals surface area contributed by atoms with Crippen molar-refractivity contribution in [2.24, 2.45) is 0 Å². The molecule has 0 bridgehead atoms. The van der Waals surface area contributed by atoms with Crippen molar-refractivity contribution < 1.29 is 22.7 Å². The molecular weight excluding hydrogens is 356 g/mol. The predicted molar refractivity (Wildman–Crippen MR) is 99.3 cm³/mol. The van der Waals surface area contributed by atoms with E-state index in [2.05, 4.69) is 5.32 Å². The van der Waals surface area contributed by atoms with Crippen LogP contribution in [0.4, 0.5) is 11.4 Å². The molecule has 3 rings (SSSR count). The third kappa shape index (κ3) is 4.45. The molecule has 1 aliphatic heterocycles. The predicted octanol–water partition coefficient (Wildman–Crippen LogP) is 2.25. The van der Waals surface area contributed by atoms with Gasteiger partial charge in [-0.2, -0.15) is 0 Å². The number of nitrogens with one attached hydrogen (secondary N) is 1. The highest BCUT2D eigenvalue weighted by Crippen LogP contribution is 2.35. The van der Waals surface area contributed by atoms with Crippen molar-refractivity contribution in [1.82, 2.24) is 0 Å². The number of carbonyl (C=O) groups is 1. The number of carbonyl (C=O) groups excluding carboxylic acids is 1. The quantitative estimate of drug-likeness (QED) is 0.836. The number of sulfonamides is 1. The number of fused-ring (bicyclic) bond motifs is 1. The van der Waals surface area contributed by atoms with Crippen LogP contribution in [0.1, 0.15) is 6.42 Å². The molecule has 7 nitrogen and oxygen atoms in total. The lowest BCUT2D eigenvalue weighted by molar-refractivity contribution is -0.116. The topological polar surface area (TPSA) is 84.9 Å². The SMILES string of the molecule is CS(=O)(=O)N1CCOc2ccc(NC(=O)CCOc3ccccc3)cc21. The first-order valence-corrected chi connectivity index (χ1v) is 10.0. The Kier molecular flexibility index (Phi) is 5.32. The molecule has 26 heavy (non-hydrogen) atoms. The first-order valence-electron chi connectivity index (χ1n) is 8.16. The summed E-state index contributed by atoms with van der Waals surface area (Å²) in [6, 6.07) is 14.2. The molecule has 2 aromatic carbocycles. The summed E-state index contributed by atoms with van der Waals surface area (Å²) in [5, 5.41) is 2.75. The van der Waals surface area contributed by atoms with Gasteiger partial charge in [0.1, 0.15) is 18.1 Å². The monoisotopic (exact) mass is 376 g/mol. The van der Waals surface area contributed by atoms with Crippen LogP contribution in [0.15, 0.2) is 48.5 Å². The van der Waals surface area contributed by atoms with Gasteiger partial charge < -0.3 is 14.8 Å². The number of ether oxygens (including phenoxy) is 2. The van der Waals surface area contributed by atoms with Crippen molar-refractivity contribution in [3.63, 3.8) is 0 Å². The molecule has 0 saturated heterocycles. The lowest BCUT2D eigenvalue weighted by atomic mass is 10.2. The third-order valence-electron chi connectivity index (χ3n) is 3.80. The first kappa shape index (κ1) is 18.1. The Labute approximate surface area is 152 Å². The van der Waals surface area contributed by atoms with Gasteiger partial charge in [0.15, 0.2) is 0 Å². The number of benzene rings is 2. The van der Waals surface area contributed by atoms with Crippen LogP contribution in [0.2, 0.25) is 0 Å². The highest BCUT2D eigenvalue weighted by Gasteiger charge is 2.25. The van der Waals surface area contributed by atoms with E-state index in [9.17, 15) is 13.2 Å². The van der Waals surface area contributed by atoms with Gasteiger partial charge >= 0.3 is 0 Å². The van der Waals surface area contributed by atoms with E-state index in [1.165, 1.54) is 4.31 Å². The second-order valence-corrected chi connectivity index (χ2v) is 7.73. The van der Waals surface area contributed by atoms with Gasteiger partial charge in [-0.3, -0.25) is 9.10 Å². The Morgan fingerprint density at radius 3 is 2.73 bits per heavy atom. The lowest BCUT2D eigenvalue weighted by Crippen LogP contribution is -2.37. The number of nitrogens with zero attached hydrogens (tertiary/aromatic N) is 1. The number of hydrogen-bond donors (Lipinski definition) is 1. The molecule has 0 fully saturated rings. The second-order valence-electron chi connectivity index (χ2n) is 5.83. The van der Waals surface area contributed by atoms with Crippen LogP contribution in [-0.2, 0) is 14.8 Å². The third-order valence-corrected chi connectivity index (χ3v) is 4.98. The van der Waals surface area contributed by atoms with Crippen LogP contribution in [0, 0.1) is 0 Å². The zero-order chi connectivity index (χ0) is 18.6. The Morgan fingerprint density at radius 1 is 1.23 bits per heavy atom. The second kappa shape index (κ2) is 7.65. The Balaban J connectivity index is 1.62. The van der Waals surface area contributed by atoms with Crippen LogP contribution < -0.4 is 19.1 Å². The number of rotatable bonds is 6. The van der Waals surface area contributed by atoms with Crippen molar-refractivity contribution in [3.05, 3.63) is 48.5 Å². The Hall–Kier alpha value is -2.74. The van der Waals surface area contributed by atoms with Gasteiger partial charge in [-0.15, -0.1) is 0 Å². The fourth-order valence-electron chi connectivity index (χ4n) is 2.62. The van der Waals surface area contributed by atoms with E-state index < -0.39 is 10.0 Å². The minimum Gasteiger partial charge on any atom is -0.493 e. The Bertz CT molecular complexity index is 884. The summed E-state index contributed by atoms with van der Waals surface area (Å²) < 4.78 is 36.1. The van der Waals surface area contributed by atoms with Crippen molar-refractivity contribution in [1.29, 1.82) is 0 Å². The molecule has 2 aromatic rings. The number of anilines is 2. The van der Waals surface area contributed by atoms with Gasteiger partial charge in [0.2, 0.25) is 15.9 Å². The van der Waals surface area contributed by atoms with Crippen LogP contribution in [0.25, 0.3) is 0 Å². The summed E-state index contributed by atoms with van der Waals surface area (Å²) in [5.74, 6) is 0.964. The van der Waals surface area contributed by atoms with Crippen LogP contribution in [0.5, 0.6) is 11.5 Å². The van der Waals surface area contributed by atoms with Gasteiger partial charge in [-0.25, -0.2) is 8.42 Å². The molecule has 1 aliphatic rings. The molecule has 138 valence electrons. The smallest absolute Gasteiger partial charge is 0.232 e. The number of amides is 1. The molecule has 0 saturated carbocycles. The van der Waals surface area contributed by atoms with Gasteiger partial charge in [0.05, 0.1) is 31.5 Å². The van der Waals surface area contributed by atoms with Gasteiger partial charge in [0.25, 0.3) is 0 Å². The number of para-hydroxylation sites is 1. The highest BCUT2D eigenvalue weighted by molar-refractivity contribution is 7.92. The zero-order valence-corrected chi connectivity index (χ0v) is 15.2. The largest absolute Gasteiger partial charge is 0.493 e. The van der Waals surface area contributed by atoms with Crippen LogP contribution >= 0.6 is 0 Å². The normalized spacial score (nSPS) is 13.5. The summed E-state index contributed by atoms with van der Waals surface area (Å²) >= 11 is 0. The van der Waals surface area contributed by atoms with E-state index in [1.54, 1.807) is 18.2 Å². The van der Waals surface area contributed by atoms with E-state index >= 15 is 0 Å². The fourth-order valence-corrected chi connectivity index (χ4v) is 3.52. The maximum atomic E-state index is 12.1. The maximum Gasteiger partial charge on any atom is 0.232 e.